The Bertz CT molecular complexity index is 186. The van der Waals surface area contributed by atoms with Crippen molar-refractivity contribution < 1.29 is 9.32 Å². The molecule has 1 fully saturated rings. The lowest BCUT2D eigenvalue weighted by molar-refractivity contribution is 0.155. The minimum atomic E-state index is -0.828. The largest absolute Gasteiger partial charge is 0.396 e. The molecule has 1 aliphatic rings. The van der Waals surface area contributed by atoms with Crippen LogP contribution in [0.1, 0.15) is 20.3 Å². The quantitative estimate of drug-likeness (QED) is 0.700. The molecular formula is C8H17NO2S. The Morgan fingerprint density at radius 2 is 2.33 bits per heavy atom. The molecule has 0 saturated carbocycles. The van der Waals surface area contributed by atoms with Gasteiger partial charge in [0, 0.05) is 30.9 Å². The van der Waals surface area contributed by atoms with Crippen LogP contribution in [0.5, 0.6) is 0 Å². The summed E-state index contributed by atoms with van der Waals surface area (Å²) >= 11 is 0. The highest BCUT2D eigenvalue weighted by Crippen LogP contribution is 2.29. The molecule has 0 aromatic heterocycles. The van der Waals surface area contributed by atoms with Crippen LogP contribution in [0, 0.1) is 5.41 Å². The van der Waals surface area contributed by atoms with Crippen LogP contribution in [0.15, 0.2) is 0 Å². The molecular weight excluding hydrogens is 174 g/mol. The van der Waals surface area contributed by atoms with E-state index >= 15 is 0 Å². The van der Waals surface area contributed by atoms with Crippen molar-refractivity contribution in [3.63, 3.8) is 0 Å². The third kappa shape index (κ3) is 2.06. The number of rotatable bonds is 3. The minimum Gasteiger partial charge on any atom is -0.396 e. The Labute approximate surface area is 76.4 Å². The topological polar surface area (TPSA) is 40.5 Å². The van der Waals surface area contributed by atoms with Crippen molar-refractivity contribution >= 4 is 11.0 Å². The Hall–Kier alpha value is 0.0700. The zero-order chi connectivity index (χ0) is 9.19. The minimum absolute atomic E-state index is 0.0230. The molecule has 0 aliphatic carbocycles. The van der Waals surface area contributed by atoms with Gasteiger partial charge in [-0.3, -0.25) is 0 Å². The van der Waals surface area contributed by atoms with E-state index in [9.17, 15) is 4.21 Å². The van der Waals surface area contributed by atoms with Crippen molar-refractivity contribution in [1.82, 2.24) is 4.31 Å². The maximum atomic E-state index is 11.4. The fourth-order valence-corrected chi connectivity index (χ4v) is 2.58. The monoisotopic (exact) mass is 191 g/mol. The predicted octanol–water partition coefficient (Wildman–Crippen LogP) is 0.374. The van der Waals surface area contributed by atoms with Crippen LogP contribution in [0.25, 0.3) is 0 Å². The van der Waals surface area contributed by atoms with E-state index in [4.69, 9.17) is 5.11 Å². The highest BCUT2D eigenvalue weighted by Gasteiger charge is 2.34. The number of hydrogen-bond acceptors (Lipinski definition) is 2. The zero-order valence-corrected chi connectivity index (χ0v) is 8.56. The number of aliphatic hydroxyl groups is 1. The van der Waals surface area contributed by atoms with Gasteiger partial charge in [0.2, 0.25) is 0 Å². The average molecular weight is 191 g/mol. The van der Waals surface area contributed by atoms with Gasteiger partial charge in [0.05, 0.1) is 11.0 Å². The molecule has 1 saturated heterocycles. The van der Waals surface area contributed by atoms with Crippen molar-refractivity contribution in [2.75, 3.05) is 25.4 Å². The summed E-state index contributed by atoms with van der Waals surface area (Å²) in [5, 5.41) is 9.07. The van der Waals surface area contributed by atoms with Gasteiger partial charge in [-0.2, -0.15) is 0 Å². The van der Waals surface area contributed by atoms with Gasteiger partial charge in [-0.25, -0.2) is 8.51 Å². The first-order valence-corrected chi connectivity index (χ1v) is 5.63. The van der Waals surface area contributed by atoms with Crippen LogP contribution in [0.3, 0.4) is 0 Å². The molecule has 0 spiro atoms. The normalized spacial score (nSPS) is 33.9. The highest BCUT2D eigenvalue weighted by molar-refractivity contribution is 7.82. The third-order valence-corrected chi connectivity index (χ3v) is 3.82. The van der Waals surface area contributed by atoms with E-state index in [-0.39, 0.29) is 12.0 Å². The second-order valence-electron chi connectivity index (χ2n) is 3.69. The van der Waals surface area contributed by atoms with Crippen LogP contribution < -0.4 is 0 Å². The molecule has 72 valence electrons. The summed E-state index contributed by atoms with van der Waals surface area (Å²) in [6.07, 6.45) is 0.954. The highest BCUT2D eigenvalue weighted by atomic mass is 32.2. The Morgan fingerprint density at radius 3 is 2.75 bits per heavy atom. The van der Waals surface area contributed by atoms with E-state index in [1.807, 2.05) is 18.2 Å². The van der Waals surface area contributed by atoms with E-state index in [2.05, 4.69) is 0 Å². The summed E-state index contributed by atoms with van der Waals surface area (Å²) in [6.45, 7) is 5.79. The molecule has 0 amide bonds. The second-order valence-corrected chi connectivity index (χ2v) is 5.43. The van der Waals surface area contributed by atoms with E-state index in [0.717, 1.165) is 19.5 Å². The zero-order valence-electron chi connectivity index (χ0n) is 7.75. The van der Waals surface area contributed by atoms with Crippen LogP contribution in [0.4, 0.5) is 0 Å². The van der Waals surface area contributed by atoms with Crippen LogP contribution in [-0.2, 0) is 11.0 Å². The van der Waals surface area contributed by atoms with Crippen LogP contribution in [-0.4, -0.2) is 39.1 Å². The fourth-order valence-electron chi connectivity index (χ4n) is 1.46. The van der Waals surface area contributed by atoms with Crippen molar-refractivity contribution in [3.05, 3.63) is 0 Å². The molecule has 2 atom stereocenters. The lowest BCUT2D eigenvalue weighted by Crippen LogP contribution is -2.29. The van der Waals surface area contributed by atoms with E-state index in [1.54, 1.807) is 0 Å². The molecule has 0 aromatic carbocycles. The smallest absolute Gasteiger partial charge is 0.0939 e. The molecule has 2 unspecified atom stereocenters. The van der Waals surface area contributed by atoms with E-state index < -0.39 is 11.0 Å². The Kier molecular flexibility index (Phi) is 3.26. The van der Waals surface area contributed by atoms with Gasteiger partial charge >= 0.3 is 0 Å². The third-order valence-electron chi connectivity index (χ3n) is 2.44. The molecule has 0 bridgehead atoms. The van der Waals surface area contributed by atoms with Gasteiger partial charge in [-0.15, -0.1) is 0 Å². The first-order valence-electron chi connectivity index (χ1n) is 4.35. The molecule has 0 radical (unpaired) electrons. The molecule has 1 aliphatic heterocycles. The van der Waals surface area contributed by atoms with Gasteiger partial charge < -0.3 is 5.11 Å². The van der Waals surface area contributed by atoms with E-state index in [1.165, 1.54) is 0 Å². The molecule has 12 heavy (non-hydrogen) atoms. The summed E-state index contributed by atoms with van der Waals surface area (Å²) in [5.74, 6) is 0.682. The summed E-state index contributed by atoms with van der Waals surface area (Å²) in [5.41, 5.74) is -0.0230. The molecule has 1 rings (SSSR count). The van der Waals surface area contributed by atoms with Crippen LogP contribution in [0.2, 0.25) is 0 Å². The fraction of sp³-hybridized carbons (Fsp3) is 1.00. The Morgan fingerprint density at radius 1 is 1.67 bits per heavy atom. The van der Waals surface area contributed by atoms with Gasteiger partial charge in [-0.05, 0) is 6.42 Å². The van der Waals surface area contributed by atoms with Crippen molar-refractivity contribution in [2.45, 2.75) is 20.3 Å². The molecule has 1 heterocycles. The number of aliphatic hydroxyl groups excluding tert-OH is 1. The van der Waals surface area contributed by atoms with Crippen LogP contribution >= 0.6 is 0 Å². The van der Waals surface area contributed by atoms with Crippen molar-refractivity contribution in [2.24, 2.45) is 5.41 Å². The molecule has 4 heteroatoms. The van der Waals surface area contributed by atoms with E-state index in [0.29, 0.717) is 5.75 Å². The van der Waals surface area contributed by atoms with Gasteiger partial charge in [0.25, 0.3) is 0 Å². The molecule has 1 N–H and O–H groups in total. The number of nitrogens with zero attached hydrogens (tertiary/aromatic N) is 1. The molecule has 3 nitrogen and oxygen atoms in total. The Balaban J connectivity index is 2.50. The second kappa shape index (κ2) is 3.85. The summed E-state index contributed by atoms with van der Waals surface area (Å²) in [7, 11) is -0.828. The van der Waals surface area contributed by atoms with Gasteiger partial charge in [0.15, 0.2) is 0 Å². The van der Waals surface area contributed by atoms with Crippen molar-refractivity contribution in [3.8, 4) is 0 Å². The van der Waals surface area contributed by atoms with Gasteiger partial charge in [0.1, 0.15) is 0 Å². The maximum absolute atomic E-state index is 11.4. The lowest BCUT2D eigenvalue weighted by Gasteiger charge is -2.20. The summed E-state index contributed by atoms with van der Waals surface area (Å²) in [6, 6.07) is 0. The summed E-state index contributed by atoms with van der Waals surface area (Å²) < 4.78 is 13.3. The van der Waals surface area contributed by atoms with Gasteiger partial charge in [-0.1, -0.05) is 13.8 Å². The lowest BCUT2D eigenvalue weighted by atomic mass is 9.91. The standard InChI is InChI=1S/C8H17NO2S/c1-3-12(11)9-5-4-8(2,6-9)7-10/h10H,3-7H2,1-2H3. The average Bonchev–Trinajstić information content (AvgIpc) is 2.48. The first-order chi connectivity index (χ1) is 5.61. The first kappa shape index (κ1) is 10.2. The summed E-state index contributed by atoms with van der Waals surface area (Å²) in [4.78, 5) is 0. The predicted molar refractivity (Wildman–Crippen MR) is 50.1 cm³/mol. The SMILES string of the molecule is CCS(=O)N1CCC(C)(CO)C1. The maximum Gasteiger partial charge on any atom is 0.0939 e. The van der Waals surface area contributed by atoms with Crippen molar-refractivity contribution in [1.29, 1.82) is 0 Å². The number of hydrogen-bond donors (Lipinski definition) is 1. The molecule has 0 aromatic rings.